The van der Waals surface area contributed by atoms with Gasteiger partial charge in [-0.3, -0.25) is 9.59 Å². The van der Waals surface area contributed by atoms with E-state index in [1.165, 1.54) is 28.0 Å². The number of piperidine rings is 1. The van der Waals surface area contributed by atoms with Crippen molar-refractivity contribution in [3.63, 3.8) is 0 Å². The molecule has 35 heavy (non-hydrogen) atoms. The number of benzene rings is 2. The van der Waals surface area contributed by atoms with Gasteiger partial charge >= 0.3 is 0 Å². The Morgan fingerprint density at radius 2 is 1.94 bits per heavy atom. The minimum absolute atomic E-state index is 0.0298. The summed E-state index contributed by atoms with van der Waals surface area (Å²) in [5, 5.41) is 4.87. The standard InChI is InChI=1S/C26H25FN4O3S/c1-34-21-10-4-17(5-11-21)15-28-24(32)18-3-2-13-30(16-18)26-29-22-12-14-35-23(22)25(33)31(26)20-8-6-19(27)7-9-20/h4-12,14,18H,2-3,13,15-16H2,1H3,(H,28,32)/t18-/m0/s1. The molecule has 1 fully saturated rings. The van der Waals surface area contributed by atoms with Crippen LogP contribution in [0.25, 0.3) is 15.9 Å². The molecule has 2 aromatic carbocycles. The third kappa shape index (κ3) is 4.77. The van der Waals surface area contributed by atoms with Gasteiger partial charge < -0.3 is 15.0 Å². The molecule has 5 rings (SSSR count). The number of nitrogens with zero attached hydrogens (tertiary/aromatic N) is 3. The summed E-state index contributed by atoms with van der Waals surface area (Å²) in [6.07, 6.45) is 1.55. The summed E-state index contributed by atoms with van der Waals surface area (Å²) in [5.41, 5.74) is 1.96. The maximum atomic E-state index is 13.6. The van der Waals surface area contributed by atoms with Crippen LogP contribution in [0.1, 0.15) is 18.4 Å². The van der Waals surface area contributed by atoms with E-state index in [4.69, 9.17) is 9.72 Å². The van der Waals surface area contributed by atoms with Gasteiger partial charge in [-0.25, -0.2) is 13.9 Å². The van der Waals surface area contributed by atoms with Gasteiger partial charge in [-0.05, 0) is 66.2 Å². The molecule has 1 amide bonds. The first kappa shape index (κ1) is 23.0. The molecule has 1 aliphatic heterocycles. The van der Waals surface area contributed by atoms with Gasteiger partial charge in [0.2, 0.25) is 11.9 Å². The smallest absolute Gasteiger partial charge is 0.277 e. The summed E-state index contributed by atoms with van der Waals surface area (Å²) in [6.45, 7) is 1.54. The van der Waals surface area contributed by atoms with Gasteiger partial charge in [0.15, 0.2) is 0 Å². The zero-order valence-electron chi connectivity index (χ0n) is 19.2. The lowest BCUT2D eigenvalue weighted by Crippen LogP contribution is -2.45. The fourth-order valence-electron chi connectivity index (χ4n) is 4.39. The average molecular weight is 493 g/mol. The molecule has 1 N–H and O–H groups in total. The largest absolute Gasteiger partial charge is 0.497 e. The third-order valence-electron chi connectivity index (χ3n) is 6.25. The van der Waals surface area contributed by atoms with Crippen molar-refractivity contribution in [3.05, 3.63) is 81.7 Å². The minimum atomic E-state index is -0.375. The minimum Gasteiger partial charge on any atom is -0.497 e. The zero-order chi connectivity index (χ0) is 24.4. The Kier molecular flexibility index (Phi) is 6.50. The highest BCUT2D eigenvalue weighted by molar-refractivity contribution is 7.17. The highest BCUT2D eigenvalue weighted by Crippen LogP contribution is 2.27. The van der Waals surface area contributed by atoms with Crippen molar-refractivity contribution in [1.29, 1.82) is 0 Å². The maximum Gasteiger partial charge on any atom is 0.277 e. The van der Waals surface area contributed by atoms with Crippen LogP contribution in [0.5, 0.6) is 5.75 Å². The van der Waals surface area contributed by atoms with Gasteiger partial charge in [-0.1, -0.05) is 12.1 Å². The van der Waals surface area contributed by atoms with Crippen LogP contribution in [0, 0.1) is 11.7 Å². The molecule has 0 saturated carbocycles. The van der Waals surface area contributed by atoms with Crippen molar-refractivity contribution in [3.8, 4) is 11.4 Å². The first-order chi connectivity index (χ1) is 17.0. The Balaban J connectivity index is 1.39. The van der Waals surface area contributed by atoms with Crippen molar-refractivity contribution < 1.29 is 13.9 Å². The number of fused-ring (bicyclic) bond motifs is 1. The van der Waals surface area contributed by atoms with Gasteiger partial charge in [0, 0.05) is 19.6 Å². The lowest BCUT2D eigenvalue weighted by molar-refractivity contribution is -0.125. The van der Waals surface area contributed by atoms with Gasteiger partial charge in [-0.15, -0.1) is 11.3 Å². The van der Waals surface area contributed by atoms with E-state index in [0.29, 0.717) is 41.5 Å². The van der Waals surface area contributed by atoms with Crippen molar-refractivity contribution in [1.82, 2.24) is 14.9 Å². The molecule has 2 aromatic heterocycles. The molecule has 4 aromatic rings. The van der Waals surface area contributed by atoms with E-state index in [-0.39, 0.29) is 23.2 Å². The number of nitrogens with one attached hydrogen (secondary N) is 1. The molecule has 0 radical (unpaired) electrons. The van der Waals surface area contributed by atoms with Gasteiger partial charge in [-0.2, -0.15) is 0 Å². The van der Waals surface area contributed by atoms with E-state index >= 15 is 0 Å². The lowest BCUT2D eigenvalue weighted by atomic mass is 9.97. The zero-order valence-corrected chi connectivity index (χ0v) is 20.1. The monoisotopic (exact) mass is 492 g/mol. The number of anilines is 1. The topological polar surface area (TPSA) is 76.5 Å². The number of carbonyl (C=O) groups is 1. The summed E-state index contributed by atoms with van der Waals surface area (Å²) in [7, 11) is 1.62. The second-order valence-corrected chi connectivity index (χ2v) is 9.43. The van der Waals surface area contributed by atoms with Crippen LogP contribution < -0.4 is 20.5 Å². The van der Waals surface area contributed by atoms with Crippen molar-refractivity contribution in [2.75, 3.05) is 25.1 Å². The molecule has 180 valence electrons. The molecule has 0 unspecified atom stereocenters. The summed E-state index contributed by atoms with van der Waals surface area (Å²) < 4.78 is 20.8. The van der Waals surface area contributed by atoms with Crippen LogP contribution in [-0.2, 0) is 11.3 Å². The Hall–Kier alpha value is -3.72. The maximum absolute atomic E-state index is 13.6. The van der Waals surface area contributed by atoms with Crippen LogP contribution in [0.2, 0.25) is 0 Å². The molecule has 0 aliphatic carbocycles. The number of thiophene rings is 1. The van der Waals surface area contributed by atoms with Crippen LogP contribution in [0.4, 0.5) is 10.3 Å². The molecule has 3 heterocycles. The highest BCUT2D eigenvalue weighted by atomic mass is 32.1. The first-order valence-corrected chi connectivity index (χ1v) is 12.3. The molecule has 1 atom stereocenters. The summed E-state index contributed by atoms with van der Waals surface area (Å²) in [6, 6.07) is 15.2. The molecule has 0 bridgehead atoms. The normalized spacial score (nSPS) is 15.8. The Morgan fingerprint density at radius 1 is 1.17 bits per heavy atom. The van der Waals surface area contributed by atoms with E-state index in [9.17, 15) is 14.0 Å². The van der Waals surface area contributed by atoms with Crippen molar-refractivity contribution >= 4 is 33.4 Å². The van der Waals surface area contributed by atoms with E-state index < -0.39 is 0 Å². The summed E-state index contributed by atoms with van der Waals surface area (Å²) >= 11 is 1.33. The van der Waals surface area contributed by atoms with E-state index in [1.54, 1.807) is 19.2 Å². The van der Waals surface area contributed by atoms with Gasteiger partial charge in [0.05, 0.1) is 24.2 Å². The Labute approximate surface area is 205 Å². The number of carbonyl (C=O) groups excluding carboxylic acids is 1. The van der Waals surface area contributed by atoms with Gasteiger partial charge in [0.25, 0.3) is 5.56 Å². The Bertz CT molecular complexity index is 1400. The number of hydrogen-bond acceptors (Lipinski definition) is 6. The average Bonchev–Trinajstić information content (AvgIpc) is 3.37. The molecule has 9 heteroatoms. The molecule has 1 saturated heterocycles. The van der Waals surface area contributed by atoms with Crippen LogP contribution >= 0.6 is 11.3 Å². The van der Waals surface area contributed by atoms with Crippen LogP contribution in [-0.4, -0.2) is 35.7 Å². The predicted molar refractivity (Wildman–Crippen MR) is 135 cm³/mol. The van der Waals surface area contributed by atoms with Gasteiger partial charge in [0.1, 0.15) is 16.3 Å². The summed E-state index contributed by atoms with van der Waals surface area (Å²) in [4.78, 5) is 33.2. The number of rotatable bonds is 6. The van der Waals surface area contributed by atoms with Crippen molar-refractivity contribution in [2.24, 2.45) is 5.92 Å². The number of ether oxygens (including phenoxy) is 1. The quantitative estimate of drug-likeness (QED) is 0.438. The predicted octanol–water partition coefficient (Wildman–Crippen LogP) is 4.13. The first-order valence-electron chi connectivity index (χ1n) is 11.5. The molecule has 0 spiro atoms. The number of hydrogen-bond donors (Lipinski definition) is 1. The molecule has 1 aliphatic rings. The number of amides is 1. The second-order valence-electron chi connectivity index (χ2n) is 8.51. The third-order valence-corrected chi connectivity index (χ3v) is 7.14. The highest BCUT2D eigenvalue weighted by Gasteiger charge is 2.29. The number of halogens is 1. The molecule has 7 nitrogen and oxygen atoms in total. The Morgan fingerprint density at radius 3 is 2.69 bits per heavy atom. The van der Waals surface area contributed by atoms with E-state index in [0.717, 1.165) is 24.2 Å². The number of methoxy groups -OCH3 is 1. The van der Waals surface area contributed by atoms with E-state index in [2.05, 4.69) is 5.32 Å². The fraction of sp³-hybridized carbons (Fsp3) is 0.269. The molecular weight excluding hydrogens is 467 g/mol. The lowest BCUT2D eigenvalue weighted by Gasteiger charge is -2.34. The second kappa shape index (κ2) is 9.87. The van der Waals surface area contributed by atoms with Crippen molar-refractivity contribution in [2.45, 2.75) is 19.4 Å². The van der Waals surface area contributed by atoms with Crippen LogP contribution in [0.15, 0.2) is 64.8 Å². The summed E-state index contributed by atoms with van der Waals surface area (Å²) in [5.74, 6) is 0.599. The SMILES string of the molecule is COc1ccc(CNC(=O)[C@H]2CCCN(c3nc4ccsc4c(=O)n3-c3ccc(F)cc3)C2)cc1. The van der Waals surface area contributed by atoms with E-state index in [1.807, 2.05) is 40.6 Å². The fourth-order valence-corrected chi connectivity index (χ4v) is 5.14. The van der Waals surface area contributed by atoms with Crippen LogP contribution in [0.3, 0.4) is 0 Å². The molecular formula is C26H25FN4O3S. The number of aromatic nitrogens is 2.